The zero-order chi connectivity index (χ0) is 17.0. The zero-order valence-corrected chi connectivity index (χ0v) is 11.2. The number of carbonyl (C=O) groups excluding carboxylic acids is 1. The number of aliphatic carboxylic acids is 1. The number of rotatable bonds is 6. The molecule has 0 amide bonds. The van der Waals surface area contributed by atoms with Crippen LogP contribution in [0.5, 0.6) is 5.75 Å². The molecule has 1 atom stereocenters. The van der Waals surface area contributed by atoms with Gasteiger partial charge in [-0.1, -0.05) is 13.0 Å². The number of ether oxygens (including phenoxy) is 1. The molecule has 118 valence electrons. The molecule has 0 N–H and O–H groups in total. The number of carboxylic acid groups (broad SMARTS) is 1. The lowest BCUT2D eigenvalue weighted by molar-refractivity contribution is -0.319. The van der Waals surface area contributed by atoms with E-state index in [0.717, 1.165) is 12.1 Å². The Morgan fingerprint density at radius 2 is 2.09 bits per heavy atom. The van der Waals surface area contributed by atoms with Gasteiger partial charge in [-0.25, -0.2) is 17.0 Å². The van der Waals surface area contributed by atoms with E-state index in [2.05, 4.69) is 25.0 Å². The van der Waals surface area contributed by atoms with Crippen molar-refractivity contribution in [2.75, 3.05) is 0 Å². The van der Waals surface area contributed by atoms with E-state index in [9.17, 15) is 27.5 Å². The summed E-state index contributed by atoms with van der Waals surface area (Å²) in [6.45, 7) is 6.45. The minimum absolute atomic E-state index is 0.355. The number of hydrogen-bond acceptors (Lipinski definition) is 3. The van der Waals surface area contributed by atoms with Crippen molar-refractivity contribution in [2.45, 2.75) is 18.2 Å². The smallest absolute Gasteiger partial charge is 0.419 e. The summed E-state index contributed by atoms with van der Waals surface area (Å²) in [6, 6.07) is 1.74. The molecule has 0 aliphatic heterocycles. The first kappa shape index (κ1) is 17.5. The Balaban J connectivity index is 3.27. The van der Waals surface area contributed by atoms with E-state index in [0.29, 0.717) is 12.1 Å². The molecule has 0 unspecified atom stereocenters. The molecule has 0 aliphatic carbocycles. The first-order valence-corrected chi connectivity index (χ1v) is 5.82. The van der Waals surface area contributed by atoms with E-state index < -0.39 is 41.3 Å². The summed E-state index contributed by atoms with van der Waals surface area (Å²) >= 11 is 0. The van der Waals surface area contributed by atoms with Crippen LogP contribution >= 0.6 is 0 Å². The SMILES string of the molecule is C=C=[C-]C[C@](C=C)(Oc1ccc(F)c(C(F)(F)F)c1)C(=O)[O-]. The van der Waals surface area contributed by atoms with Crippen molar-refractivity contribution in [1.82, 2.24) is 0 Å². The summed E-state index contributed by atoms with van der Waals surface area (Å²) in [5.41, 5.74) is -1.57. The fourth-order valence-electron chi connectivity index (χ4n) is 1.54. The Morgan fingerprint density at radius 1 is 1.45 bits per heavy atom. The maximum absolute atomic E-state index is 13.2. The molecule has 22 heavy (non-hydrogen) atoms. The number of carboxylic acids is 1. The van der Waals surface area contributed by atoms with Crippen molar-refractivity contribution in [3.8, 4) is 5.75 Å². The van der Waals surface area contributed by atoms with Crippen molar-refractivity contribution in [1.29, 1.82) is 0 Å². The third kappa shape index (κ3) is 3.77. The molecule has 7 heteroatoms. The van der Waals surface area contributed by atoms with Gasteiger partial charge in [0.2, 0.25) is 0 Å². The van der Waals surface area contributed by atoms with Crippen molar-refractivity contribution < 1.29 is 32.2 Å². The summed E-state index contributed by atoms with van der Waals surface area (Å²) in [6.07, 6.45) is -2.23. The van der Waals surface area contributed by atoms with Gasteiger partial charge in [0.25, 0.3) is 0 Å². The van der Waals surface area contributed by atoms with Gasteiger partial charge in [-0.2, -0.15) is 13.2 Å². The molecule has 3 nitrogen and oxygen atoms in total. The van der Waals surface area contributed by atoms with Crippen molar-refractivity contribution in [2.24, 2.45) is 0 Å². The van der Waals surface area contributed by atoms with Crippen LogP contribution in [0.1, 0.15) is 12.0 Å². The highest BCUT2D eigenvalue weighted by Crippen LogP contribution is 2.34. The minimum Gasteiger partial charge on any atom is -0.545 e. The topological polar surface area (TPSA) is 49.4 Å². The minimum atomic E-state index is -4.95. The van der Waals surface area contributed by atoms with Gasteiger partial charge < -0.3 is 20.4 Å². The normalized spacial score (nSPS) is 13.6. The molecule has 0 heterocycles. The molecule has 0 saturated heterocycles. The average Bonchev–Trinajstić information content (AvgIpc) is 2.43. The van der Waals surface area contributed by atoms with Crippen LogP contribution in [0.15, 0.2) is 43.2 Å². The standard InChI is InChI=1S/C15H11F4O3/c1-3-5-8-14(4-2,13(20)21)22-10-6-7-12(16)11(9-10)15(17,18)19/h4,6-7,9H,1-2,8H2,(H,20,21)/q-1/p-1/t14-/m0/s1. The van der Waals surface area contributed by atoms with Gasteiger partial charge >= 0.3 is 6.18 Å². The third-order valence-electron chi connectivity index (χ3n) is 2.69. The summed E-state index contributed by atoms with van der Waals surface area (Å²) in [4.78, 5) is 11.2. The first-order chi connectivity index (χ1) is 10.2. The Morgan fingerprint density at radius 3 is 2.55 bits per heavy atom. The predicted octanol–water partition coefficient (Wildman–Crippen LogP) is 2.43. The molecule has 1 aromatic carbocycles. The molecule has 1 aromatic rings. The second-order valence-corrected chi connectivity index (χ2v) is 4.15. The van der Waals surface area contributed by atoms with Crippen LogP contribution in [-0.4, -0.2) is 11.6 Å². The Labute approximate surface area is 123 Å². The number of halogens is 4. The molecule has 0 bridgehead atoms. The van der Waals surface area contributed by atoms with Gasteiger partial charge in [0.05, 0.1) is 11.5 Å². The zero-order valence-electron chi connectivity index (χ0n) is 11.2. The van der Waals surface area contributed by atoms with Crippen LogP contribution in [-0.2, 0) is 11.0 Å². The van der Waals surface area contributed by atoms with Gasteiger partial charge in [0.1, 0.15) is 11.6 Å². The van der Waals surface area contributed by atoms with E-state index in [1.54, 1.807) is 0 Å². The summed E-state index contributed by atoms with van der Waals surface area (Å²) in [7, 11) is 0. The molecular formula is C15H10F4O3-2. The van der Waals surface area contributed by atoms with Crippen molar-refractivity contribution in [3.63, 3.8) is 0 Å². The number of benzene rings is 1. The Bertz CT molecular complexity index is 630. The third-order valence-corrected chi connectivity index (χ3v) is 2.69. The van der Waals surface area contributed by atoms with Crippen molar-refractivity contribution in [3.05, 3.63) is 60.6 Å². The van der Waals surface area contributed by atoms with Crippen LogP contribution in [0.3, 0.4) is 0 Å². The molecule has 0 aliphatic rings. The summed E-state index contributed by atoms with van der Waals surface area (Å²) in [5, 5.41) is 11.2. The van der Waals surface area contributed by atoms with Gasteiger partial charge in [-0.05, 0) is 24.3 Å². The maximum Gasteiger partial charge on any atom is 0.419 e. The van der Waals surface area contributed by atoms with Crippen LogP contribution in [0.25, 0.3) is 0 Å². The van der Waals surface area contributed by atoms with E-state index in [1.165, 1.54) is 0 Å². The number of hydrogen-bond donors (Lipinski definition) is 0. The largest absolute Gasteiger partial charge is 0.545 e. The van der Waals surface area contributed by atoms with Crippen LogP contribution < -0.4 is 9.84 Å². The highest BCUT2D eigenvalue weighted by atomic mass is 19.4. The molecule has 0 fully saturated rings. The number of alkyl halides is 3. The highest BCUT2D eigenvalue weighted by Gasteiger charge is 2.35. The first-order valence-electron chi connectivity index (χ1n) is 5.82. The molecular weight excluding hydrogens is 304 g/mol. The summed E-state index contributed by atoms with van der Waals surface area (Å²) in [5.74, 6) is -3.76. The Kier molecular flexibility index (Phi) is 5.17. The average molecular weight is 314 g/mol. The van der Waals surface area contributed by atoms with E-state index in [-0.39, 0.29) is 0 Å². The highest BCUT2D eigenvalue weighted by molar-refractivity contribution is 5.78. The summed E-state index contributed by atoms with van der Waals surface area (Å²) < 4.78 is 56.1. The molecule has 0 saturated carbocycles. The second-order valence-electron chi connectivity index (χ2n) is 4.15. The van der Waals surface area contributed by atoms with E-state index in [4.69, 9.17) is 4.74 Å². The quantitative estimate of drug-likeness (QED) is 0.351. The van der Waals surface area contributed by atoms with Crippen LogP contribution in [0, 0.1) is 11.9 Å². The fraction of sp³-hybridized carbons (Fsp3) is 0.200. The van der Waals surface area contributed by atoms with Crippen LogP contribution in [0.2, 0.25) is 0 Å². The molecule has 0 aromatic heterocycles. The van der Waals surface area contributed by atoms with Gasteiger partial charge in [0.15, 0.2) is 5.60 Å². The fourth-order valence-corrected chi connectivity index (χ4v) is 1.54. The maximum atomic E-state index is 13.2. The van der Waals surface area contributed by atoms with Gasteiger partial charge in [0, 0.05) is 0 Å². The van der Waals surface area contributed by atoms with E-state index in [1.807, 2.05) is 0 Å². The lowest BCUT2D eigenvalue weighted by Gasteiger charge is -2.33. The molecule has 0 spiro atoms. The van der Waals surface area contributed by atoms with Crippen LogP contribution in [0.4, 0.5) is 17.6 Å². The number of carbonyl (C=O) groups is 1. The monoisotopic (exact) mass is 314 g/mol. The predicted molar refractivity (Wildman–Crippen MR) is 67.0 cm³/mol. The lowest BCUT2D eigenvalue weighted by Crippen LogP contribution is -2.51. The Hall–Kier alpha value is -2.53. The lowest BCUT2D eigenvalue weighted by atomic mass is 9.99. The van der Waals surface area contributed by atoms with Gasteiger partial charge in [-0.15, -0.1) is 0 Å². The van der Waals surface area contributed by atoms with Gasteiger partial charge in [-0.3, -0.25) is 0 Å². The second kappa shape index (κ2) is 6.49. The molecule has 1 rings (SSSR count). The van der Waals surface area contributed by atoms with E-state index >= 15 is 0 Å². The molecule has 0 radical (unpaired) electrons. The van der Waals surface area contributed by atoms with Crippen molar-refractivity contribution >= 4 is 5.97 Å².